The minimum absolute atomic E-state index is 0.250. The van der Waals surface area contributed by atoms with Gasteiger partial charge in [-0.15, -0.1) is 0 Å². The van der Waals surface area contributed by atoms with Gasteiger partial charge in [0.25, 0.3) is 15.5 Å². The lowest BCUT2D eigenvalue weighted by molar-refractivity contribution is -0.122. The van der Waals surface area contributed by atoms with Gasteiger partial charge in [0.1, 0.15) is 0 Å². The Morgan fingerprint density at radius 2 is 1.92 bits per heavy atom. The minimum atomic E-state index is -3.47. The standard InChI is InChI=1S/C6H3ClO2S.CH2O2/c7-10(8,9)6-3-4-1-2-5(4)6;2-1-3/h1-3H;1H,(H,2,3). The predicted molar refractivity (Wildman–Crippen MR) is 47.2 cm³/mol. The quantitative estimate of drug-likeness (QED) is 0.581. The van der Waals surface area contributed by atoms with Gasteiger partial charge in [0.2, 0.25) is 0 Å². The van der Waals surface area contributed by atoms with Gasteiger partial charge in [-0.25, -0.2) is 8.42 Å². The van der Waals surface area contributed by atoms with Crippen molar-refractivity contribution >= 4 is 26.2 Å². The van der Waals surface area contributed by atoms with Crippen molar-refractivity contribution in [2.24, 2.45) is 0 Å². The molecule has 0 aromatic heterocycles. The second-order valence-electron chi connectivity index (χ2n) is 2.25. The largest absolute Gasteiger partial charge is 0.483 e. The molecule has 1 N–H and O–H groups in total. The van der Waals surface area contributed by atoms with Crippen LogP contribution in [0.5, 0.6) is 0 Å². The fourth-order valence-corrected chi connectivity index (χ4v) is 2.06. The van der Waals surface area contributed by atoms with Crippen molar-refractivity contribution in [3.8, 4) is 11.1 Å². The van der Waals surface area contributed by atoms with Crippen LogP contribution in [0.3, 0.4) is 0 Å². The summed E-state index contributed by atoms with van der Waals surface area (Å²) >= 11 is 0. The summed E-state index contributed by atoms with van der Waals surface area (Å²) in [6.07, 6.45) is 0. The molecule has 13 heavy (non-hydrogen) atoms. The molecule has 70 valence electrons. The zero-order valence-corrected chi connectivity index (χ0v) is 7.84. The third-order valence-electron chi connectivity index (χ3n) is 1.56. The molecule has 0 aromatic rings. The highest BCUT2D eigenvalue weighted by molar-refractivity contribution is 8.13. The molecule has 2 aliphatic rings. The number of carbonyl (C=O) groups is 1. The van der Waals surface area contributed by atoms with Crippen LogP contribution in [0.4, 0.5) is 0 Å². The molecule has 0 heterocycles. The Kier molecular flexibility index (Phi) is 2.58. The Labute approximate surface area is 79.2 Å². The van der Waals surface area contributed by atoms with Gasteiger partial charge in [-0.1, -0.05) is 12.1 Å². The van der Waals surface area contributed by atoms with Gasteiger partial charge in [0.05, 0.1) is 4.90 Å². The van der Waals surface area contributed by atoms with Crippen LogP contribution in [0.2, 0.25) is 0 Å². The van der Waals surface area contributed by atoms with Crippen LogP contribution in [-0.2, 0) is 13.8 Å². The van der Waals surface area contributed by atoms with E-state index < -0.39 is 9.05 Å². The van der Waals surface area contributed by atoms with E-state index in [9.17, 15) is 8.42 Å². The molecule has 2 aliphatic carbocycles. The van der Waals surface area contributed by atoms with E-state index in [0.29, 0.717) is 0 Å². The van der Waals surface area contributed by atoms with E-state index in [1.165, 1.54) is 0 Å². The molecule has 0 saturated heterocycles. The van der Waals surface area contributed by atoms with E-state index in [2.05, 4.69) is 0 Å². The van der Waals surface area contributed by atoms with Gasteiger partial charge in [0.15, 0.2) is 0 Å². The van der Waals surface area contributed by atoms with Crippen molar-refractivity contribution in [1.29, 1.82) is 0 Å². The van der Waals surface area contributed by atoms with Gasteiger partial charge in [-0.3, -0.25) is 4.79 Å². The lowest BCUT2D eigenvalue weighted by Crippen LogP contribution is -2.02. The number of rotatable bonds is 1. The van der Waals surface area contributed by atoms with Gasteiger partial charge < -0.3 is 5.11 Å². The molecule has 0 atom stereocenters. The van der Waals surface area contributed by atoms with E-state index in [4.69, 9.17) is 20.6 Å². The molecule has 4 nitrogen and oxygen atoms in total. The first kappa shape index (κ1) is 10.0. The molecule has 0 saturated carbocycles. The first-order valence-electron chi connectivity index (χ1n) is 3.17. The molecule has 0 bridgehead atoms. The van der Waals surface area contributed by atoms with E-state index in [0.717, 1.165) is 11.1 Å². The van der Waals surface area contributed by atoms with Crippen LogP contribution in [-0.4, -0.2) is 20.0 Å². The van der Waals surface area contributed by atoms with Crippen LogP contribution in [0, 0.1) is 0 Å². The third-order valence-corrected chi connectivity index (χ3v) is 2.92. The number of carboxylic acid groups (broad SMARTS) is 1. The molecule has 6 heteroatoms. The summed E-state index contributed by atoms with van der Waals surface area (Å²) < 4.78 is 21.3. The Morgan fingerprint density at radius 1 is 1.38 bits per heavy atom. The topological polar surface area (TPSA) is 71.4 Å². The Balaban J connectivity index is 0.000000251. The molecule has 0 fully saturated rings. The Hall–Kier alpha value is -1.07. The average molecular weight is 221 g/mol. The number of hydrogen-bond acceptors (Lipinski definition) is 3. The van der Waals surface area contributed by atoms with Gasteiger partial charge in [0, 0.05) is 16.2 Å². The highest BCUT2D eigenvalue weighted by Crippen LogP contribution is 2.40. The van der Waals surface area contributed by atoms with Crippen LogP contribution in [0.1, 0.15) is 0 Å². The maximum absolute atomic E-state index is 10.6. The number of hydrogen-bond donors (Lipinski definition) is 1. The first-order valence-corrected chi connectivity index (χ1v) is 5.48. The minimum Gasteiger partial charge on any atom is -0.483 e. The van der Waals surface area contributed by atoms with Crippen LogP contribution < -0.4 is 0 Å². The summed E-state index contributed by atoms with van der Waals surface area (Å²) in [5.41, 5.74) is 1.76. The molecule has 2 rings (SSSR count). The molecule has 0 aliphatic heterocycles. The highest BCUT2D eigenvalue weighted by atomic mass is 35.7. The molecule has 0 amide bonds. The van der Waals surface area contributed by atoms with E-state index in [1.54, 1.807) is 12.1 Å². The van der Waals surface area contributed by atoms with E-state index in [1.807, 2.05) is 6.07 Å². The smallest absolute Gasteiger partial charge is 0.290 e. The second-order valence-corrected chi connectivity index (χ2v) is 4.79. The van der Waals surface area contributed by atoms with Crippen molar-refractivity contribution in [1.82, 2.24) is 0 Å². The van der Waals surface area contributed by atoms with Crippen molar-refractivity contribution in [3.63, 3.8) is 0 Å². The fraction of sp³-hybridized carbons (Fsp3) is 0. The molecule has 0 radical (unpaired) electrons. The third kappa shape index (κ3) is 1.81. The summed E-state index contributed by atoms with van der Waals surface area (Å²) in [6, 6.07) is 5.16. The summed E-state index contributed by atoms with van der Waals surface area (Å²) in [7, 11) is 1.59. The first-order chi connectivity index (χ1) is 6.00. The van der Waals surface area contributed by atoms with Crippen LogP contribution in [0.15, 0.2) is 23.1 Å². The fourth-order valence-electron chi connectivity index (χ4n) is 0.956. The lowest BCUT2D eigenvalue weighted by Gasteiger charge is -2.17. The van der Waals surface area contributed by atoms with E-state index >= 15 is 0 Å². The molecular formula is C7H5ClO4S. The summed E-state index contributed by atoms with van der Waals surface area (Å²) in [4.78, 5) is 8.62. The second kappa shape index (κ2) is 3.35. The maximum atomic E-state index is 10.6. The van der Waals surface area contributed by atoms with E-state index in [-0.39, 0.29) is 11.4 Å². The average Bonchev–Trinajstić information content (AvgIpc) is 1.94. The SMILES string of the molecule is O=CO.O=S(=O)(Cl)c1cc2ccc1-2. The zero-order chi connectivity index (χ0) is 10.1. The van der Waals surface area contributed by atoms with Gasteiger partial charge in [-0.2, -0.15) is 0 Å². The lowest BCUT2D eigenvalue weighted by atomic mass is 9.94. The van der Waals surface area contributed by atoms with Crippen molar-refractivity contribution < 1.29 is 18.3 Å². The molecule has 0 spiro atoms. The zero-order valence-electron chi connectivity index (χ0n) is 6.27. The maximum Gasteiger partial charge on any atom is 0.290 e. The predicted octanol–water partition coefficient (Wildman–Crippen LogP) is 1.30. The molecule has 0 unspecified atom stereocenters. The summed E-state index contributed by atoms with van der Waals surface area (Å²) in [5, 5.41) is 6.89. The van der Waals surface area contributed by atoms with Gasteiger partial charge >= 0.3 is 0 Å². The van der Waals surface area contributed by atoms with Crippen molar-refractivity contribution in [2.45, 2.75) is 4.90 Å². The summed E-state index contributed by atoms with van der Waals surface area (Å²) in [5.74, 6) is 0. The van der Waals surface area contributed by atoms with Crippen LogP contribution in [0.25, 0.3) is 11.1 Å². The number of halogens is 1. The van der Waals surface area contributed by atoms with Crippen LogP contribution >= 0.6 is 10.7 Å². The van der Waals surface area contributed by atoms with Crippen molar-refractivity contribution in [2.75, 3.05) is 0 Å². The van der Waals surface area contributed by atoms with Crippen molar-refractivity contribution in [3.05, 3.63) is 18.2 Å². The molecular weight excluding hydrogens is 216 g/mol. The Morgan fingerprint density at radius 3 is 2.00 bits per heavy atom. The number of fused-ring (bicyclic) bond motifs is 1. The summed E-state index contributed by atoms with van der Waals surface area (Å²) in [6.45, 7) is -0.250. The number of benzene rings is 1. The van der Waals surface area contributed by atoms with Gasteiger partial charge in [-0.05, 0) is 11.6 Å². The normalized spacial score (nSPS) is 11.2. The monoisotopic (exact) mass is 220 g/mol. The molecule has 0 aromatic carbocycles. The highest BCUT2D eigenvalue weighted by Gasteiger charge is 2.25. The Bertz CT molecular complexity index is 438.